The molecule has 37 heavy (non-hydrogen) atoms. The number of aliphatic hydroxyl groups is 4. The van der Waals surface area contributed by atoms with Crippen molar-refractivity contribution in [2.24, 2.45) is 11.3 Å². The van der Waals surface area contributed by atoms with E-state index in [1.807, 2.05) is 31.1 Å². The van der Waals surface area contributed by atoms with Gasteiger partial charge >= 0.3 is 0 Å². The maximum absolute atomic E-state index is 11.8. The first-order valence-electron chi connectivity index (χ1n) is 13.3. The molecule has 0 radical (unpaired) electrons. The van der Waals surface area contributed by atoms with Gasteiger partial charge in [-0.05, 0) is 91.9 Å². The zero-order valence-electron chi connectivity index (χ0n) is 21.7. The van der Waals surface area contributed by atoms with E-state index < -0.39 is 23.9 Å². The maximum Gasteiger partial charge on any atom is 0.123 e. The van der Waals surface area contributed by atoms with E-state index in [1.54, 1.807) is 6.20 Å². The molecule has 2 aromatic rings. The van der Waals surface area contributed by atoms with Crippen molar-refractivity contribution >= 4 is 22.2 Å². The summed E-state index contributed by atoms with van der Waals surface area (Å²) in [6.07, 6.45) is 5.92. The van der Waals surface area contributed by atoms with Gasteiger partial charge in [0.25, 0.3) is 0 Å². The van der Waals surface area contributed by atoms with E-state index in [-0.39, 0.29) is 17.4 Å². The number of likely N-dealkylation sites (N-methyl/N-ethyl adjacent to an activating group) is 1. The Bertz CT molecular complexity index is 1360. The minimum absolute atomic E-state index is 0.202. The predicted molar refractivity (Wildman–Crippen MR) is 144 cm³/mol. The summed E-state index contributed by atoms with van der Waals surface area (Å²) in [5, 5.41) is 47.2. The second-order valence-corrected chi connectivity index (χ2v) is 12.0. The molecule has 4 aliphatic rings. The topological polar surface area (TPSA) is 123 Å². The van der Waals surface area contributed by atoms with Crippen molar-refractivity contribution in [2.75, 3.05) is 19.8 Å². The third-order valence-electron chi connectivity index (χ3n) is 9.67. The highest BCUT2D eigenvalue weighted by Gasteiger charge is 2.53. The number of aliphatic hydroxyl groups excluding tert-OH is 3. The summed E-state index contributed by atoms with van der Waals surface area (Å²) >= 11 is 0. The Labute approximate surface area is 217 Å². The van der Waals surface area contributed by atoms with Crippen LogP contribution in [0.4, 0.5) is 5.82 Å². The Balaban J connectivity index is 1.37. The van der Waals surface area contributed by atoms with E-state index in [2.05, 4.69) is 36.2 Å². The van der Waals surface area contributed by atoms with Crippen LogP contribution < -0.4 is 5.73 Å². The number of rotatable bonds is 2. The van der Waals surface area contributed by atoms with Crippen LogP contribution in [0.1, 0.15) is 44.6 Å². The maximum atomic E-state index is 11.8. The third-order valence-corrected chi connectivity index (χ3v) is 9.67. The molecular formula is C30H37N3O4. The molecule has 0 aliphatic heterocycles. The Morgan fingerprint density at radius 2 is 1.86 bits per heavy atom. The number of allylic oxidation sites excluding steroid dienone is 3. The van der Waals surface area contributed by atoms with Crippen molar-refractivity contribution in [2.45, 2.75) is 69.0 Å². The summed E-state index contributed by atoms with van der Waals surface area (Å²) in [5.74, 6) is 0.704. The van der Waals surface area contributed by atoms with Crippen molar-refractivity contribution < 1.29 is 20.4 Å². The summed E-state index contributed by atoms with van der Waals surface area (Å²) in [7, 11) is 3.72. The number of hydrogen-bond acceptors (Lipinski definition) is 7. The van der Waals surface area contributed by atoms with E-state index in [0.717, 1.165) is 28.3 Å². The number of hydrogen-bond donors (Lipinski definition) is 5. The average molecular weight is 504 g/mol. The smallest absolute Gasteiger partial charge is 0.123 e. The van der Waals surface area contributed by atoms with Crippen LogP contribution in [0.25, 0.3) is 16.3 Å². The molecule has 1 aromatic heterocycles. The second-order valence-electron chi connectivity index (χ2n) is 12.0. The van der Waals surface area contributed by atoms with Gasteiger partial charge in [-0.15, -0.1) is 0 Å². The number of aromatic nitrogens is 1. The highest BCUT2D eigenvalue weighted by Crippen LogP contribution is 2.60. The molecule has 6 rings (SSSR count). The van der Waals surface area contributed by atoms with Gasteiger partial charge in [0.2, 0.25) is 0 Å². The van der Waals surface area contributed by atoms with Gasteiger partial charge in [0.1, 0.15) is 11.9 Å². The fraction of sp³-hybridized carbons (Fsp3) is 0.500. The summed E-state index contributed by atoms with van der Waals surface area (Å²) < 4.78 is 0. The van der Waals surface area contributed by atoms with Gasteiger partial charge in [-0.1, -0.05) is 36.8 Å². The lowest BCUT2D eigenvalue weighted by atomic mass is 9.61. The lowest BCUT2D eigenvalue weighted by Gasteiger charge is -2.46. The van der Waals surface area contributed by atoms with Crippen LogP contribution in [0.3, 0.4) is 0 Å². The van der Waals surface area contributed by atoms with Gasteiger partial charge in [-0.2, -0.15) is 0 Å². The van der Waals surface area contributed by atoms with Gasteiger partial charge in [0.05, 0.1) is 17.8 Å². The number of benzene rings is 1. The van der Waals surface area contributed by atoms with Crippen molar-refractivity contribution in [3.05, 3.63) is 64.9 Å². The monoisotopic (exact) mass is 503 g/mol. The van der Waals surface area contributed by atoms with Crippen LogP contribution >= 0.6 is 0 Å². The highest BCUT2D eigenvalue weighted by molar-refractivity contribution is 5.88. The molecule has 0 spiro atoms. The summed E-state index contributed by atoms with van der Waals surface area (Å²) in [5.41, 5.74) is 9.18. The molecule has 0 amide bonds. The second kappa shape index (κ2) is 8.48. The van der Waals surface area contributed by atoms with E-state index in [4.69, 9.17) is 5.73 Å². The lowest BCUT2D eigenvalue weighted by Crippen LogP contribution is -2.58. The number of pyridine rings is 1. The van der Waals surface area contributed by atoms with E-state index >= 15 is 0 Å². The molecule has 1 saturated carbocycles. The van der Waals surface area contributed by atoms with Crippen LogP contribution in [-0.4, -0.2) is 74.4 Å². The zero-order chi connectivity index (χ0) is 26.3. The summed E-state index contributed by atoms with van der Waals surface area (Å²) in [4.78, 5) is 6.13. The zero-order valence-corrected chi connectivity index (χ0v) is 21.7. The highest BCUT2D eigenvalue weighted by atomic mass is 16.3. The summed E-state index contributed by atoms with van der Waals surface area (Å²) in [6, 6.07) is 7.89. The van der Waals surface area contributed by atoms with Crippen molar-refractivity contribution in [3.63, 3.8) is 0 Å². The summed E-state index contributed by atoms with van der Waals surface area (Å²) in [6.45, 7) is 2.25. The molecule has 7 heteroatoms. The van der Waals surface area contributed by atoms with Crippen LogP contribution in [0.5, 0.6) is 0 Å². The molecular weight excluding hydrogens is 466 g/mol. The average Bonchev–Trinajstić information content (AvgIpc) is 3.10. The molecule has 1 heterocycles. The molecule has 6 N–H and O–H groups in total. The first kappa shape index (κ1) is 24.8. The molecule has 7 atom stereocenters. The predicted octanol–water partition coefficient (Wildman–Crippen LogP) is 2.79. The van der Waals surface area contributed by atoms with Crippen LogP contribution in [-0.2, 0) is 0 Å². The van der Waals surface area contributed by atoms with Gasteiger partial charge in [0, 0.05) is 23.0 Å². The largest absolute Gasteiger partial charge is 0.388 e. The fourth-order valence-corrected chi connectivity index (χ4v) is 7.62. The molecule has 0 saturated heterocycles. The minimum atomic E-state index is -1.22. The molecule has 4 aliphatic carbocycles. The van der Waals surface area contributed by atoms with Gasteiger partial charge < -0.3 is 31.1 Å². The number of anilines is 1. The SMILES string of the molecule is CN(C)C1CC2(O)CCC3=C(C=C2C(O)C1O)C(O)CC1(C)C(c2ccc4cc(N)ncc4c2)=CCC31. The van der Waals surface area contributed by atoms with Crippen molar-refractivity contribution in [1.82, 2.24) is 9.88 Å². The fourth-order valence-electron chi connectivity index (χ4n) is 7.62. The molecule has 7 unspecified atom stereocenters. The number of nitrogen functional groups attached to an aromatic ring is 1. The van der Waals surface area contributed by atoms with Gasteiger partial charge in [0.15, 0.2) is 0 Å². The van der Waals surface area contributed by atoms with Crippen LogP contribution in [0.15, 0.2) is 59.3 Å². The Morgan fingerprint density at radius 3 is 2.62 bits per heavy atom. The van der Waals surface area contributed by atoms with Gasteiger partial charge in [-0.25, -0.2) is 4.98 Å². The third kappa shape index (κ3) is 3.71. The van der Waals surface area contributed by atoms with Crippen molar-refractivity contribution in [3.8, 4) is 0 Å². The molecule has 7 nitrogen and oxygen atoms in total. The Kier molecular flexibility index (Phi) is 5.68. The standard InChI is InChI=1S/C30H37N3O4/c1-29-14-25(34)20-12-23-27(35)28(36)24(33(2)3)13-30(23,37)9-8-19(20)22(29)7-6-21(29)17-5-4-16-11-26(31)32-15-18(16)10-17/h4-6,10-12,15,22,24-25,27-28,34-37H,7-9,13-14H2,1-3H3,(H2,31,32). The lowest BCUT2D eigenvalue weighted by molar-refractivity contribution is -0.0922. The Morgan fingerprint density at radius 1 is 1.08 bits per heavy atom. The van der Waals surface area contributed by atoms with E-state index in [0.29, 0.717) is 37.1 Å². The molecule has 1 aromatic carbocycles. The molecule has 0 bridgehead atoms. The quantitative estimate of drug-likeness (QED) is 0.427. The first-order chi connectivity index (χ1) is 17.5. The van der Waals surface area contributed by atoms with E-state index in [9.17, 15) is 20.4 Å². The Hall–Kier alpha value is -2.55. The number of fused-ring (bicyclic) bond motifs is 4. The normalized spacial score (nSPS) is 37.6. The van der Waals surface area contributed by atoms with Gasteiger partial charge in [-0.3, -0.25) is 0 Å². The molecule has 196 valence electrons. The minimum Gasteiger partial charge on any atom is -0.388 e. The first-order valence-corrected chi connectivity index (χ1v) is 13.3. The van der Waals surface area contributed by atoms with E-state index in [1.165, 1.54) is 11.1 Å². The molecule has 1 fully saturated rings. The van der Waals surface area contributed by atoms with Crippen molar-refractivity contribution in [1.29, 1.82) is 0 Å². The van der Waals surface area contributed by atoms with Crippen LogP contribution in [0.2, 0.25) is 0 Å². The van der Waals surface area contributed by atoms with Crippen LogP contribution in [0, 0.1) is 11.3 Å². The number of nitrogens with zero attached hydrogens (tertiary/aromatic N) is 2. The number of nitrogens with two attached hydrogens (primary N) is 1.